The van der Waals surface area contributed by atoms with Crippen LogP contribution >= 0.6 is 0 Å². The van der Waals surface area contributed by atoms with Crippen LogP contribution in [0.4, 0.5) is 0 Å². The second kappa shape index (κ2) is 8.53. The zero-order valence-electron chi connectivity index (χ0n) is 16.3. The zero-order chi connectivity index (χ0) is 19.4. The third-order valence-electron chi connectivity index (χ3n) is 5.39. The topological polar surface area (TPSA) is 54.5 Å². The lowest BCUT2D eigenvalue weighted by Gasteiger charge is -2.24. The van der Waals surface area contributed by atoms with E-state index < -0.39 is 10.0 Å². The van der Waals surface area contributed by atoms with Crippen molar-refractivity contribution in [1.29, 1.82) is 0 Å². The second-order valence-corrected chi connectivity index (χ2v) is 9.44. The van der Waals surface area contributed by atoms with E-state index in [0.717, 1.165) is 55.2 Å². The molecular formula is C22H29NO3S. The van der Waals surface area contributed by atoms with Crippen LogP contribution in [0.5, 0.6) is 0 Å². The van der Waals surface area contributed by atoms with E-state index >= 15 is 0 Å². The maximum absolute atomic E-state index is 13.3. The lowest BCUT2D eigenvalue weighted by Crippen LogP contribution is -2.36. The van der Waals surface area contributed by atoms with Crippen LogP contribution in [0, 0.1) is 6.92 Å². The molecule has 146 valence electrons. The van der Waals surface area contributed by atoms with Crippen molar-refractivity contribution < 1.29 is 13.2 Å². The van der Waals surface area contributed by atoms with Crippen LogP contribution in [-0.4, -0.2) is 31.1 Å². The summed E-state index contributed by atoms with van der Waals surface area (Å²) in [5, 5.41) is 0. The molecule has 1 aliphatic heterocycles. The number of hydrogen-bond acceptors (Lipinski definition) is 3. The molecule has 0 aromatic heterocycles. The number of carbonyl (C=O) groups excluding carboxylic acids is 1. The molecule has 4 nitrogen and oxygen atoms in total. The predicted molar refractivity (Wildman–Crippen MR) is 108 cm³/mol. The van der Waals surface area contributed by atoms with E-state index in [1.165, 1.54) is 0 Å². The van der Waals surface area contributed by atoms with Gasteiger partial charge in [0.2, 0.25) is 10.0 Å². The van der Waals surface area contributed by atoms with Crippen LogP contribution in [-0.2, 0) is 14.8 Å². The Morgan fingerprint density at radius 3 is 2.59 bits per heavy atom. The number of ketones is 1. The van der Waals surface area contributed by atoms with E-state index in [1.807, 2.05) is 38.1 Å². The number of allylic oxidation sites excluding steroid dienone is 1. The number of hydrogen-bond donors (Lipinski definition) is 0. The molecular weight excluding hydrogens is 358 g/mol. The van der Waals surface area contributed by atoms with E-state index in [4.69, 9.17) is 0 Å². The van der Waals surface area contributed by atoms with Crippen molar-refractivity contribution in [3.05, 3.63) is 53.1 Å². The molecule has 27 heavy (non-hydrogen) atoms. The SMILES string of the molecule is CCCC(=O)/C1=C/CCCCCC2C=C1CN2S(=O)(=O)c1ccc(C)cc1. The molecule has 0 amide bonds. The van der Waals surface area contributed by atoms with Crippen molar-refractivity contribution in [3.63, 3.8) is 0 Å². The Morgan fingerprint density at radius 1 is 1.15 bits per heavy atom. The van der Waals surface area contributed by atoms with Crippen LogP contribution in [0.15, 0.2) is 52.5 Å². The number of sulfonamides is 1. The highest BCUT2D eigenvalue weighted by atomic mass is 32.2. The average Bonchev–Trinajstić information content (AvgIpc) is 3.05. The normalized spacial score (nSPS) is 23.4. The van der Waals surface area contributed by atoms with Crippen molar-refractivity contribution in [1.82, 2.24) is 4.31 Å². The van der Waals surface area contributed by atoms with Gasteiger partial charge in [0, 0.05) is 24.6 Å². The van der Waals surface area contributed by atoms with Gasteiger partial charge < -0.3 is 0 Å². The van der Waals surface area contributed by atoms with Gasteiger partial charge in [-0.3, -0.25) is 4.79 Å². The van der Waals surface area contributed by atoms with E-state index in [1.54, 1.807) is 16.4 Å². The molecule has 0 radical (unpaired) electrons. The fourth-order valence-electron chi connectivity index (χ4n) is 3.87. The summed E-state index contributed by atoms with van der Waals surface area (Å²) in [5.41, 5.74) is 2.66. The Hall–Kier alpha value is -1.72. The first-order chi connectivity index (χ1) is 12.9. The molecule has 2 bridgehead atoms. The maximum atomic E-state index is 13.3. The zero-order valence-corrected chi connectivity index (χ0v) is 17.1. The molecule has 1 aliphatic carbocycles. The number of carbonyl (C=O) groups is 1. The van der Waals surface area contributed by atoms with Crippen LogP contribution < -0.4 is 0 Å². The quantitative estimate of drug-likeness (QED) is 0.744. The number of nitrogens with zero attached hydrogens (tertiary/aromatic N) is 1. The van der Waals surface area contributed by atoms with E-state index in [9.17, 15) is 13.2 Å². The smallest absolute Gasteiger partial charge is 0.243 e. The fourth-order valence-corrected chi connectivity index (χ4v) is 5.45. The summed E-state index contributed by atoms with van der Waals surface area (Å²) in [6.07, 6.45) is 10.2. The summed E-state index contributed by atoms with van der Waals surface area (Å²) < 4.78 is 28.1. The van der Waals surface area contributed by atoms with Gasteiger partial charge in [0.1, 0.15) is 0 Å². The molecule has 2 aliphatic rings. The summed E-state index contributed by atoms with van der Waals surface area (Å²) in [6.45, 7) is 4.24. The van der Waals surface area contributed by atoms with Crippen molar-refractivity contribution in [3.8, 4) is 0 Å². The van der Waals surface area contributed by atoms with Crippen molar-refractivity contribution >= 4 is 15.8 Å². The number of fused-ring (bicyclic) bond motifs is 1. The fraction of sp³-hybridized carbons (Fsp3) is 0.500. The van der Waals surface area contributed by atoms with E-state index in [-0.39, 0.29) is 11.8 Å². The van der Waals surface area contributed by atoms with Crippen LogP contribution in [0.3, 0.4) is 0 Å². The Balaban J connectivity index is 1.94. The number of rotatable bonds is 5. The molecule has 0 saturated carbocycles. The lowest BCUT2D eigenvalue weighted by atomic mass is 9.95. The van der Waals surface area contributed by atoms with Gasteiger partial charge in [-0.15, -0.1) is 0 Å². The van der Waals surface area contributed by atoms with Gasteiger partial charge in [0.15, 0.2) is 5.78 Å². The molecule has 0 fully saturated rings. The summed E-state index contributed by atoms with van der Waals surface area (Å²) in [4.78, 5) is 13.0. The van der Waals surface area contributed by atoms with Crippen LogP contribution in [0.2, 0.25) is 0 Å². The molecule has 3 rings (SSSR count). The first-order valence-electron chi connectivity index (χ1n) is 9.96. The van der Waals surface area contributed by atoms with Crippen LogP contribution in [0.1, 0.15) is 57.4 Å². The minimum Gasteiger partial charge on any atom is -0.294 e. The molecule has 1 aromatic rings. The molecule has 0 spiro atoms. The second-order valence-electron chi connectivity index (χ2n) is 7.55. The van der Waals surface area contributed by atoms with Crippen molar-refractivity contribution in [2.75, 3.05) is 6.54 Å². The number of aryl methyl sites for hydroxylation is 1. The highest BCUT2D eigenvalue weighted by Gasteiger charge is 2.36. The van der Waals surface area contributed by atoms with Crippen molar-refractivity contribution in [2.45, 2.75) is 69.7 Å². The van der Waals surface area contributed by atoms with Gasteiger partial charge in [0.05, 0.1) is 4.90 Å². The third-order valence-corrected chi connectivity index (χ3v) is 7.28. The Bertz CT molecular complexity index is 850. The lowest BCUT2D eigenvalue weighted by molar-refractivity contribution is -0.115. The molecule has 5 heteroatoms. The minimum absolute atomic E-state index is 0.137. The Morgan fingerprint density at radius 2 is 1.89 bits per heavy atom. The van der Waals surface area contributed by atoms with Crippen molar-refractivity contribution in [2.24, 2.45) is 0 Å². The molecule has 0 saturated heterocycles. The molecule has 1 heterocycles. The molecule has 1 aromatic carbocycles. The first kappa shape index (κ1) is 20.0. The summed E-state index contributed by atoms with van der Waals surface area (Å²) in [6, 6.07) is 6.85. The summed E-state index contributed by atoms with van der Waals surface area (Å²) in [7, 11) is -3.58. The monoisotopic (exact) mass is 387 g/mol. The number of Topliss-reactive ketones (excluding diaryl/α,β-unsaturated/α-hetero) is 1. The number of benzene rings is 1. The van der Waals surface area contributed by atoms with Gasteiger partial charge in [-0.05, 0) is 50.3 Å². The van der Waals surface area contributed by atoms with Crippen LogP contribution in [0.25, 0.3) is 0 Å². The van der Waals surface area contributed by atoms with Gasteiger partial charge in [0.25, 0.3) is 0 Å². The molecule has 0 N–H and O–H groups in total. The Kier molecular flexibility index (Phi) is 6.33. The van der Waals surface area contributed by atoms with Gasteiger partial charge in [-0.25, -0.2) is 8.42 Å². The third kappa shape index (κ3) is 4.41. The van der Waals surface area contributed by atoms with Gasteiger partial charge >= 0.3 is 0 Å². The highest BCUT2D eigenvalue weighted by Crippen LogP contribution is 2.33. The maximum Gasteiger partial charge on any atom is 0.243 e. The average molecular weight is 388 g/mol. The first-order valence-corrected chi connectivity index (χ1v) is 11.4. The standard InChI is InChI=1S/C22H29NO3S/c1-3-8-22(24)21-10-7-5-4-6-9-19-15-18(21)16-23(19)27(25,26)20-13-11-17(2)12-14-20/h10-15,19H,3-9,16H2,1-2H3/b21-10+. The minimum atomic E-state index is -3.58. The van der Waals surface area contributed by atoms with E-state index in [2.05, 4.69) is 0 Å². The molecule has 1 unspecified atom stereocenters. The highest BCUT2D eigenvalue weighted by molar-refractivity contribution is 7.89. The summed E-state index contributed by atoms with van der Waals surface area (Å²) in [5.74, 6) is 0.137. The summed E-state index contributed by atoms with van der Waals surface area (Å²) >= 11 is 0. The van der Waals surface area contributed by atoms with Gasteiger partial charge in [-0.1, -0.05) is 49.6 Å². The van der Waals surface area contributed by atoms with Gasteiger partial charge in [-0.2, -0.15) is 4.31 Å². The molecule has 1 atom stereocenters. The predicted octanol–water partition coefficient (Wildman–Crippen LogP) is 4.55. The largest absolute Gasteiger partial charge is 0.294 e. The Labute approximate surface area is 163 Å². The van der Waals surface area contributed by atoms with E-state index in [0.29, 0.717) is 17.9 Å².